The first-order valence-corrected chi connectivity index (χ1v) is 11.7. The lowest BCUT2D eigenvalue weighted by Gasteiger charge is -2.33. The maximum absolute atomic E-state index is 12.9. The number of piperidine rings is 1. The molecule has 32 heavy (non-hydrogen) atoms. The standard InChI is InChI=1S/C22H28N6O3S/c1-4-31-17-9-5-7-15(11-17)18-14-28(25-24-18)16-8-6-10-27(13-16)20(29)12-19-21(30)26(3)22(23-2)32-19/h5,7,9,11,14,16,19H,4,6,8,10,12-13H2,1-3H3. The topological polar surface area (TPSA) is 92.9 Å². The fourth-order valence-electron chi connectivity index (χ4n) is 4.08. The van der Waals surface area contributed by atoms with Crippen molar-refractivity contribution in [2.45, 2.75) is 37.5 Å². The molecule has 0 spiro atoms. The van der Waals surface area contributed by atoms with E-state index in [0.717, 1.165) is 29.8 Å². The Labute approximate surface area is 191 Å². The zero-order valence-corrected chi connectivity index (χ0v) is 19.4. The number of benzene rings is 1. The van der Waals surface area contributed by atoms with E-state index >= 15 is 0 Å². The van der Waals surface area contributed by atoms with Crippen LogP contribution in [0.4, 0.5) is 0 Å². The zero-order chi connectivity index (χ0) is 22.7. The van der Waals surface area contributed by atoms with Gasteiger partial charge in [-0.2, -0.15) is 0 Å². The average molecular weight is 457 g/mol. The Morgan fingerprint density at radius 2 is 2.22 bits per heavy atom. The molecule has 4 rings (SSSR count). The summed E-state index contributed by atoms with van der Waals surface area (Å²) in [4.78, 5) is 32.8. The Morgan fingerprint density at radius 3 is 2.97 bits per heavy atom. The van der Waals surface area contributed by atoms with Crippen LogP contribution in [-0.2, 0) is 9.59 Å². The lowest BCUT2D eigenvalue weighted by atomic mass is 10.0. The van der Waals surface area contributed by atoms with Crippen molar-refractivity contribution >= 4 is 28.7 Å². The summed E-state index contributed by atoms with van der Waals surface area (Å²) in [5.74, 6) is 0.735. The van der Waals surface area contributed by atoms with Gasteiger partial charge in [-0.1, -0.05) is 29.1 Å². The Hall–Kier alpha value is -2.88. The summed E-state index contributed by atoms with van der Waals surface area (Å²) in [7, 11) is 3.36. The first kappa shape index (κ1) is 22.3. The molecule has 2 atom stereocenters. The Balaban J connectivity index is 1.41. The Morgan fingerprint density at radius 1 is 1.38 bits per heavy atom. The van der Waals surface area contributed by atoms with Gasteiger partial charge in [0, 0.05) is 39.2 Å². The first-order valence-electron chi connectivity index (χ1n) is 10.8. The Bertz CT molecular complexity index is 1020. The number of hydrogen-bond donors (Lipinski definition) is 0. The predicted octanol–water partition coefficient (Wildman–Crippen LogP) is 2.46. The number of hydrogen-bond acceptors (Lipinski definition) is 7. The largest absolute Gasteiger partial charge is 0.494 e. The quantitative estimate of drug-likeness (QED) is 0.663. The van der Waals surface area contributed by atoms with Crippen LogP contribution in [0, 0.1) is 0 Å². The van der Waals surface area contributed by atoms with E-state index in [1.54, 1.807) is 14.1 Å². The molecule has 170 valence electrons. The molecule has 0 N–H and O–H groups in total. The normalized spacial score (nSPS) is 22.6. The highest BCUT2D eigenvalue weighted by Gasteiger charge is 2.38. The number of likely N-dealkylation sites (tertiary alicyclic amines) is 1. The predicted molar refractivity (Wildman–Crippen MR) is 124 cm³/mol. The van der Waals surface area contributed by atoms with Crippen LogP contribution in [0.25, 0.3) is 11.3 Å². The van der Waals surface area contributed by atoms with Crippen molar-refractivity contribution in [2.24, 2.45) is 4.99 Å². The molecule has 0 bridgehead atoms. The molecule has 1 aromatic carbocycles. The van der Waals surface area contributed by atoms with Crippen molar-refractivity contribution in [3.63, 3.8) is 0 Å². The average Bonchev–Trinajstić information content (AvgIpc) is 3.41. The Kier molecular flexibility index (Phi) is 6.78. The molecular weight excluding hydrogens is 428 g/mol. The molecule has 2 aromatic rings. The van der Waals surface area contributed by atoms with Gasteiger partial charge in [0.05, 0.1) is 18.8 Å². The van der Waals surface area contributed by atoms with E-state index in [4.69, 9.17) is 4.74 Å². The van der Waals surface area contributed by atoms with E-state index in [1.807, 2.05) is 47.0 Å². The molecule has 3 heterocycles. The maximum atomic E-state index is 12.9. The van der Waals surface area contributed by atoms with Crippen molar-refractivity contribution in [3.05, 3.63) is 30.5 Å². The van der Waals surface area contributed by atoms with Gasteiger partial charge < -0.3 is 9.64 Å². The second-order valence-electron chi connectivity index (χ2n) is 7.89. The van der Waals surface area contributed by atoms with Crippen molar-refractivity contribution in [2.75, 3.05) is 33.8 Å². The van der Waals surface area contributed by atoms with Crippen LogP contribution in [0.15, 0.2) is 35.5 Å². The van der Waals surface area contributed by atoms with Crippen LogP contribution >= 0.6 is 11.8 Å². The number of ether oxygens (including phenoxy) is 1. The second-order valence-corrected chi connectivity index (χ2v) is 9.06. The van der Waals surface area contributed by atoms with Crippen molar-refractivity contribution in [3.8, 4) is 17.0 Å². The third-order valence-corrected chi connectivity index (χ3v) is 7.09. The maximum Gasteiger partial charge on any atom is 0.242 e. The number of amides is 2. The van der Waals surface area contributed by atoms with E-state index in [9.17, 15) is 9.59 Å². The number of aromatic nitrogens is 3. The molecule has 2 fully saturated rings. The number of rotatable bonds is 6. The molecule has 2 saturated heterocycles. The van der Waals surface area contributed by atoms with Crippen LogP contribution in [0.1, 0.15) is 32.2 Å². The molecular formula is C22H28N6O3S. The van der Waals surface area contributed by atoms with Crippen LogP contribution in [0.2, 0.25) is 0 Å². The molecule has 0 radical (unpaired) electrons. The van der Waals surface area contributed by atoms with Gasteiger partial charge in [-0.25, -0.2) is 4.68 Å². The highest BCUT2D eigenvalue weighted by Crippen LogP contribution is 2.30. The SMILES string of the molecule is CCOc1cccc(-c2cn(C3CCCN(C(=O)CC4SC(=NC)N(C)C4=O)C3)nn2)c1. The molecule has 0 saturated carbocycles. The molecule has 0 aliphatic carbocycles. The summed E-state index contributed by atoms with van der Waals surface area (Å²) in [6.07, 6.45) is 3.93. The third kappa shape index (κ3) is 4.64. The summed E-state index contributed by atoms with van der Waals surface area (Å²) >= 11 is 1.36. The minimum atomic E-state index is -0.401. The number of carbonyl (C=O) groups is 2. The highest BCUT2D eigenvalue weighted by molar-refractivity contribution is 8.15. The van der Waals surface area contributed by atoms with Crippen molar-refractivity contribution < 1.29 is 14.3 Å². The summed E-state index contributed by atoms with van der Waals surface area (Å²) < 4.78 is 7.43. The monoisotopic (exact) mass is 456 g/mol. The molecule has 2 aliphatic rings. The van der Waals surface area contributed by atoms with Gasteiger partial charge in [0.15, 0.2) is 5.17 Å². The van der Waals surface area contributed by atoms with E-state index in [0.29, 0.717) is 24.9 Å². The van der Waals surface area contributed by atoms with Gasteiger partial charge in [0.1, 0.15) is 16.7 Å². The van der Waals surface area contributed by atoms with Crippen LogP contribution < -0.4 is 4.74 Å². The second kappa shape index (κ2) is 9.72. The molecule has 1 aromatic heterocycles. The van der Waals surface area contributed by atoms with Crippen LogP contribution in [0.5, 0.6) is 5.75 Å². The van der Waals surface area contributed by atoms with E-state index in [1.165, 1.54) is 16.7 Å². The van der Waals surface area contributed by atoms with Crippen LogP contribution in [-0.4, -0.2) is 80.8 Å². The summed E-state index contributed by atoms with van der Waals surface area (Å²) in [5, 5.41) is 8.94. The van der Waals surface area contributed by atoms with E-state index in [2.05, 4.69) is 15.3 Å². The van der Waals surface area contributed by atoms with Crippen LogP contribution in [0.3, 0.4) is 0 Å². The van der Waals surface area contributed by atoms with E-state index in [-0.39, 0.29) is 24.3 Å². The number of amidine groups is 1. The fraction of sp³-hybridized carbons (Fsp3) is 0.500. The minimum absolute atomic E-state index is 0.00365. The minimum Gasteiger partial charge on any atom is -0.494 e. The number of aliphatic imine (C=N–C) groups is 1. The number of thioether (sulfide) groups is 1. The third-order valence-electron chi connectivity index (χ3n) is 5.77. The van der Waals surface area contributed by atoms with Gasteiger partial charge in [-0.15, -0.1) is 5.10 Å². The molecule has 2 amide bonds. The van der Waals surface area contributed by atoms with Crippen molar-refractivity contribution in [1.82, 2.24) is 24.8 Å². The highest BCUT2D eigenvalue weighted by atomic mass is 32.2. The lowest BCUT2D eigenvalue weighted by molar-refractivity contribution is -0.135. The smallest absolute Gasteiger partial charge is 0.242 e. The van der Waals surface area contributed by atoms with Gasteiger partial charge in [0.25, 0.3) is 0 Å². The lowest BCUT2D eigenvalue weighted by Crippen LogP contribution is -2.42. The fourth-order valence-corrected chi connectivity index (χ4v) is 5.18. The summed E-state index contributed by atoms with van der Waals surface area (Å²) in [6.45, 7) is 3.82. The zero-order valence-electron chi connectivity index (χ0n) is 18.6. The molecule has 10 heteroatoms. The van der Waals surface area contributed by atoms with Gasteiger partial charge in [0.2, 0.25) is 11.8 Å². The van der Waals surface area contributed by atoms with Gasteiger partial charge in [-0.3, -0.25) is 19.5 Å². The summed E-state index contributed by atoms with van der Waals surface area (Å²) in [6, 6.07) is 7.85. The molecule has 9 nitrogen and oxygen atoms in total. The van der Waals surface area contributed by atoms with Gasteiger partial charge in [-0.05, 0) is 31.9 Å². The van der Waals surface area contributed by atoms with Crippen molar-refractivity contribution in [1.29, 1.82) is 0 Å². The number of carbonyl (C=O) groups excluding carboxylic acids is 2. The van der Waals surface area contributed by atoms with E-state index < -0.39 is 5.25 Å². The molecule has 2 aliphatic heterocycles. The number of nitrogens with zero attached hydrogens (tertiary/aromatic N) is 6. The summed E-state index contributed by atoms with van der Waals surface area (Å²) in [5.41, 5.74) is 1.72. The molecule has 2 unspecified atom stereocenters. The first-order chi connectivity index (χ1) is 15.5. The van der Waals surface area contributed by atoms with Gasteiger partial charge >= 0.3 is 0 Å².